The maximum Gasteiger partial charge on any atom is 0.261 e. The lowest BCUT2D eigenvalue weighted by Gasteiger charge is -2.09. The maximum absolute atomic E-state index is 13.7. The Hall–Kier alpha value is -1.59. The highest BCUT2D eigenvalue weighted by Gasteiger charge is 2.16. The number of nitrogens with one attached hydrogen (secondary N) is 1. The van der Waals surface area contributed by atoms with E-state index in [1.807, 2.05) is 6.92 Å². The molecule has 19 heavy (non-hydrogen) atoms. The number of halogens is 2. The van der Waals surface area contributed by atoms with Gasteiger partial charge in [0.05, 0.1) is 15.6 Å². The van der Waals surface area contributed by atoms with Crippen LogP contribution in [0.4, 0.5) is 10.1 Å². The minimum Gasteiger partial charge on any atom is -0.277 e. The molecule has 2 aromatic rings. The molecule has 0 spiro atoms. The first-order chi connectivity index (χ1) is 8.90. The van der Waals surface area contributed by atoms with Gasteiger partial charge in [0.1, 0.15) is 0 Å². The molecule has 0 saturated heterocycles. The zero-order valence-corrected chi connectivity index (χ0v) is 11.6. The van der Waals surface area contributed by atoms with E-state index in [9.17, 15) is 12.8 Å². The van der Waals surface area contributed by atoms with Crippen molar-refractivity contribution in [1.29, 1.82) is 0 Å². The topological polar surface area (TPSA) is 46.2 Å². The Kier molecular flexibility index (Phi) is 3.78. The fourth-order valence-corrected chi connectivity index (χ4v) is 2.74. The Morgan fingerprint density at radius 2 is 1.74 bits per heavy atom. The predicted octanol–water partition coefficient (Wildman–Crippen LogP) is 3.59. The highest BCUT2D eigenvalue weighted by molar-refractivity contribution is 7.92. The summed E-state index contributed by atoms with van der Waals surface area (Å²) in [6.45, 7) is 1.85. The second-order valence-electron chi connectivity index (χ2n) is 4.02. The van der Waals surface area contributed by atoms with E-state index in [0.29, 0.717) is 0 Å². The van der Waals surface area contributed by atoms with Crippen molar-refractivity contribution in [2.24, 2.45) is 0 Å². The van der Waals surface area contributed by atoms with E-state index in [1.54, 1.807) is 12.1 Å². The zero-order chi connectivity index (χ0) is 14.0. The summed E-state index contributed by atoms with van der Waals surface area (Å²) in [5.41, 5.74) is 0.765. The molecule has 0 fully saturated rings. The molecular weight excluding hydrogens is 289 g/mol. The molecule has 0 aromatic heterocycles. The van der Waals surface area contributed by atoms with E-state index < -0.39 is 15.8 Å². The molecule has 0 heterocycles. The van der Waals surface area contributed by atoms with E-state index in [1.165, 1.54) is 30.3 Å². The van der Waals surface area contributed by atoms with Crippen molar-refractivity contribution in [3.63, 3.8) is 0 Å². The van der Waals surface area contributed by atoms with Gasteiger partial charge in [0.2, 0.25) is 0 Å². The first-order valence-corrected chi connectivity index (χ1v) is 7.30. The number of sulfonamides is 1. The molecule has 2 aromatic carbocycles. The first-order valence-electron chi connectivity index (χ1n) is 5.43. The molecule has 3 nitrogen and oxygen atoms in total. The van der Waals surface area contributed by atoms with Crippen LogP contribution in [0.5, 0.6) is 0 Å². The largest absolute Gasteiger partial charge is 0.277 e. The van der Waals surface area contributed by atoms with Crippen LogP contribution in [0, 0.1) is 12.7 Å². The molecule has 0 atom stereocenters. The van der Waals surface area contributed by atoms with Gasteiger partial charge in [-0.05, 0) is 31.2 Å². The summed E-state index contributed by atoms with van der Waals surface area (Å²) < 4.78 is 39.9. The Balaban J connectivity index is 2.36. The molecule has 6 heteroatoms. The van der Waals surface area contributed by atoms with Crippen LogP contribution in [0.15, 0.2) is 47.4 Å². The number of anilines is 1. The Morgan fingerprint density at radius 1 is 1.11 bits per heavy atom. The van der Waals surface area contributed by atoms with Crippen molar-refractivity contribution in [1.82, 2.24) is 0 Å². The molecule has 0 amide bonds. The van der Waals surface area contributed by atoms with Gasteiger partial charge >= 0.3 is 0 Å². The van der Waals surface area contributed by atoms with Crippen LogP contribution in [-0.2, 0) is 10.0 Å². The lowest BCUT2D eigenvalue weighted by molar-refractivity contribution is 0.598. The maximum atomic E-state index is 13.7. The van der Waals surface area contributed by atoms with Crippen LogP contribution in [-0.4, -0.2) is 8.42 Å². The number of rotatable bonds is 3. The van der Waals surface area contributed by atoms with Gasteiger partial charge < -0.3 is 0 Å². The van der Waals surface area contributed by atoms with E-state index in [2.05, 4.69) is 4.72 Å². The van der Waals surface area contributed by atoms with Crippen LogP contribution >= 0.6 is 11.6 Å². The van der Waals surface area contributed by atoms with Gasteiger partial charge in [0.15, 0.2) is 5.82 Å². The molecule has 100 valence electrons. The third-order valence-electron chi connectivity index (χ3n) is 2.53. The summed E-state index contributed by atoms with van der Waals surface area (Å²) in [6.07, 6.45) is 0. The van der Waals surface area contributed by atoms with Crippen LogP contribution < -0.4 is 4.72 Å². The summed E-state index contributed by atoms with van der Waals surface area (Å²) in [7, 11) is -3.82. The Bertz CT molecular complexity index is 699. The lowest BCUT2D eigenvalue weighted by atomic mass is 10.2. The highest BCUT2D eigenvalue weighted by atomic mass is 35.5. The van der Waals surface area contributed by atoms with Crippen molar-refractivity contribution in [3.05, 3.63) is 58.9 Å². The fourth-order valence-electron chi connectivity index (χ4n) is 1.50. The summed E-state index contributed by atoms with van der Waals surface area (Å²) in [5.74, 6) is -0.792. The molecule has 0 saturated carbocycles. The van der Waals surface area contributed by atoms with Crippen LogP contribution in [0.25, 0.3) is 0 Å². The SMILES string of the molecule is Cc1ccc(S(=O)(=O)Nc2cccc(Cl)c2F)cc1. The lowest BCUT2D eigenvalue weighted by Crippen LogP contribution is -2.14. The van der Waals surface area contributed by atoms with Crippen molar-refractivity contribution < 1.29 is 12.8 Å². The monoisotopic (exact) mass is 299 g/mol. The summed E-state index contributed by atoms with van der Waals surface area (Å²) in [4.78, 5) is 0.0671. The van der Waals surface area contributed by atoms with Crippen LogP contribution in [0.2, 0.25) is 5.02 Å². The molecule has 0 unspecified atom stereocenters. The van der Waals surface area contributed by atoms with Gasteiger partial charge in [0, 0.05) is 0 Å². The minimum absolute atomic E-state index is 0.0671. The molecule has 1 N–H and O–H groups in total. The summed E-state index contributed by atoms with van der Waals surface area (Å²) in [5, 5.41) is -0.135. The fraction of sp³-hybridized carbons (Fsp3) is 0.0769. The Morgan fingerprint density at radius 3 is 2.37 bits per heavy atom. The van der Waals surface area contributed by atoms with E-state index in [-0.39, 0.29) is 15.6 Å². The van der Waals surface area contributed by atoms with Crippen LogP contribution in [0.1, 0.15) is 5.56 Å². The summed E-state index contributed by atoms with van der Waals surface area (Å²) >= 11 is 5.60. The van der Waals surface area contributed by atoms with Gasteiger partial charge in [-0.1, -0.05) is 35.4 Å². The van der Waals surface area contributed by atoms with Gasteiger partial charge in [-0.2, -0.15) is 0 Å². The predicted molar refractivity (Wildman–Crippen MR) is 73.4 cm³/mol. The number of hydrogen-bond acceptors (Lipinski definition) is 2. The molecule has 0 aliphatic rings. The summed E-state index contributed by atoms with van der Waals surface area (Å²) in [6, 6.07) is 10.4. The van der Waals surface area contributed by atoms with Crippen molar-refractivity contribution >= 4 is 27.3 Å². The van der Waals surface area contributed by atoms with E-state index in [4.69, 9.17) is 11.6 Å². The normalized spacial score (nSPS) is 11.3. The molecule has 0 aliphatic carbocycles. The molecule has 0 aliphatic heterocycles. The number of aryl methyl sites for hydroxylation is 1. The zero-order valence-electron chi connectivity index (χ0n) is 10.0. The standard InChI is InChI=1S/C13H11ClFNO2S/c1-9-5-7-10(8-6-9)19(17,18)16-12-4-2-3-11(14)13(12)15/h2-8,16H,1H3. The average Bonchev–Trinajstić information content (AvgIpc) is 2.35. The molecule has 0 bridgehead atoms. The van der Waals surface area contributed by atoms with Crippen molar-refractivity contribution in [2.45, 2.75) is 11.8 Å². The smallest absolute Gasteiger partial charge is 0.261 e. The van der Waals surface area contributed by atoms with Crippen LogP contribution in [0.3, 0.4) is 0 Å². The average molecular weight is 300 g/mol. The molecule has 0 radical (unpaired) electrons. The van der Waals surface area contributed by atoms with Gasteiger partial charge in [-0.3, -0.25) is 4.72 Å². The van der Waals surface area contributed by atoms with E-state index >= 15 is 0 Å². The second kappa shape index (κ2) is 5.19. The quantitative estimate of drug-likeness (QED) is 0.941. The van der Waals surface area contributed by atoms with Gasteiger partial charge in [0.25, 0.3) is 10.0 Å². The number of benzene rings is 2. The van der Waals surface area contributed by atoms with Crippen molar-refractivity contribution in [3.8, 4) is 0 Å². The van der Waals surface area contributed by atoms with Gasteiger partial charge in [-0.25, -0.2) is 12.8 Å². The number of hydrogen-bond donors (Lipinski definition) is 1. The molecule has 2 rings (SSSR count). The highest BCUT2D eigenvalue weighted by Crippen LogP contribution is 2.24. The molecular formula is C13H11ClFNO2S. The minimum atomic E-state index is -3.82. The van der Waals surface area contributed by atoms with Crippen molar-refractivity contribution in [2.75, 3.05) is 4.72 Å². The third kappa shape index (κ3) is 3.05. The van der Waals surface area contributed by atoms with E-state index in [0.717, 1.165) is 5.56 Å². The second-order valence-corrected chi connectivity index (χ2v) is 6.11. The van der Waals surface area contributed by atoms with Gasteiger partial charge in [-0.15, -0.1) is 0 Å². The first kappa shape index (κ1) is 13.8. The Labute approximate surface area is 116 Å². The third-order valence-corrected chi connectivity index (χ3v) is 4.20.